The molecule has 0 amide bonds. The SMILES string of the molecule is Cc1cccc(/C=C\c2cc[n+](Cc3ccc(C(=O)O)cc3)cc2)c1. The van der Waals surface area contributed by atoms with E-state index in [1.165, 1.54) is 11.1 Å². The summed E-state index contributed by atoms with van der Waals surface area (Å²) in [6.07, 6.45) is 8.26. The molecule has 0 saturated heterocycles. The molecular weight excluding hydrogens is 310 g/mol. The van der Waals surface area contributed by atoms with Crippen LogP contribution in [0.5, 0.6) is 0 Å². The molecule has 3 nitrogen and oxygen atoms in total. The summed E-state index contributed by atoms with van der Waals surface area (Å²) in [4.78, 5) is 10.9. The van der Waals surface area contributed by atoms with Crippen LogP contribution in [0, 0.1) is 6.92 Å². The predicted octanol–water partition coefficient (Wildman–Crippen LogP) is 4.20. The number of hydrogen-bond donors (Lipinski definition) is 1. The van der Waals surface area contributed by atoms with Gasteiger partial charge in [0.05, 0.1) is 5.56 Å². The topological polar surface area (TPSA) is 41.2 Å². The number of rotatable bonds is 5. The molecule has 3 heteroatoms. The average Bonchev–Trinajstić information content (AvgIpc) is 2.62. The Bertz CT molecular complexity index is 894. The number of aromatic carboxylic acids is 1. The Morgan fingerprint density at radius 3 is 2.28 bits per heavy atom. The first kappa shape index (κ1) is 16.7. The summed E-state index contributed by atoms with van der Waals surface area (Å²) in [6, 6.07) is 19.5. The highest BCUT2D eigenvalue weighted by atomic mass is 16.4. The summed E-state index contributed by atoms with van der Waals surface area (Å²) in [6.45, 7) is 2.80. The Labute approximate surface area is 147 Å². The fourth-order valence-electron chi connectivity index (χ4n) is 2.62. The van der Waals surface area contributed by atoms with Crippen molar-refractivity contribution in [1.82, 2.24) is 0 Å². The first-order valence-electron chi connectivity index (χ1n) is 8.16. The Hall–Kier alpha value is -3.20. The zero-order valence-corrected chi connectivity index (χ0v) is 14.1. The maximum atomic E-state index is 10.9. The molecule has 0 aliphatic rings. The van der Waals surface area contributed by atoms with Crippen LogP contribution >= 0.6 is 0 Å². The normalized spacial score (nSPS) is 10.9. The Morgan fingerprint density at radius 1 is 0.960 bits per heavy atom. The summed E-state index contributed by atoms with van der Waals surface area (Å²) >= 11 is 0. The van der Waals surface area contributed by atoms with E-state index in [9.17, 15) is 4.79 Å². The van der Waals surface area contributed by atoms with E-state index in [2.05, 4.69) is 60.0 Å². The molecule has 2 aromatic carbocycles. The van der Waals surface area contributed by atoms with Gasteiger partial charge in [-0.1, -0.05) is 54.1 Å². The van der Waals surface area contributed by atoms with Crippen molar-refractivity contribution in [1.29, 1.82) is 0 Å². The Balaban J connectivity index is 1.66. The van der Waals surface area contributed by atoms with Crippen LogP contribution in [0.1, 0.15) is 32.6 Å². The molecule has 3 aromatic rings. The van der Waals surface area contributed by atoms with Crippen molar-refractivity contribution in [2.24, 2.45) is 0 Å². The van der Waals surface area contributed by atoms with E-state index in [1.807, 2.05) is 24.5 Å². The average molecular weight is 330 g/mol. The van der Waals surface area contributed by atoms with Crippen molar-refractivity contribution in [3.05, 3.63) is 101 Å². The van der Waals surface area contributed by atoms with Gasteiger partial charge in [-0.2, -0.15) is 0 Å². The zero-order valence-electron chi connectivity index (χ0n) is 14.1. The van der Waals surface area contributed by atoms with Crippen LogP contribution in [0.4, 0.5) is 0 Å². The van der Waals surface area contributed by atoms with E-state index in [-0.39, 0.29) is 0 Å². The van der Waals surface area contributed by atoms with Crippen LogP contribution in [0.3, 0.4) is 0 Å². The van der Waals surface area contributed by atoms with Crippen LogP contribution in [-0.4, -0.2) is 11.1 Å². The number of nitrogens with zero attached hydrogens (tertiary/aromatic N) is 1. The minimum absolute atomic E-state index is 0.311. The molecule has 0 aliphatic carbocycles. The van der Waals surface area contributed by atoms with E-state index in [1.54, 1.807) is 12.1 Å². The second-order valence-corrected chi connectivity index (χ2v) is 6.05. The monoisotopic (exact) mass is 330 g/mol. The van der Waals surface area contributed by atoms with Crippen LogP contribution in [0.2, 0.25) is 0 Å². The lowest BCUT2D eigenvalue weighted by atomic mass is 10.1. The molecular formula is C22H20NO2+. The fraction of sp³-hybridized carbons (Fsp3) is 0.0909. The number of aromatic nitrogens is 1. The van der Waals surface area contributed by atoms with E-state index in [4.69, 9.17) is 5.11 Å². The smallest absolute Gasteiger partial charge is 0.335 e. The van der Waals surface area contributed by atoms with Gasteiger partial charge in [-0.05, 0) is 30.2 Å². The van der Waals surface area contributed by atoms with Crippen molar-refractivity contribution in [2.75, 3.05) is 0 Å². The molecule has 0 saturated carbocycles. The Kier molecular flexibility index (Phi) is 5.05. The fourth-order valence-corrected chi connectivity index (χ4v) is 2.62. The summed E-state index contributed by atoms with van der Waals surface area (Å²) in [5.74, 6) is -0.899. The zero-order chi connectivity index (χ0) is 17.6. The third-order valence-corrected chi connectivity index (χ3v) is 3.99. The molecule has 25 heavy (non-hydrogen) atoms. The second kappa shape index (κ2) is 7.58. The first-order chi connectivity index (χ1) is 12.1. The van der Waals surface area contributed by atoms with Gasteiger partial charge in [-0.15, -0.1) is 0 Å². The van der Waals surface area contributed by atoms with Gasteiger partial charge in [0.1, 0.15) is 0 Å². The van der Waals surface area contributed by atoms with Crippen LogP contribution in [0.25, 0.3) is 12.2 Å². The van der Waals surface area contributed by atoms with Gasteiger partial charge in [-0.25, -0.2) is 9.36 Å². The third kappa shape index (κ3) is 4.64. The standard InChI is InChI=1S/C22H19NO2/c1-17-3-2-4-19(15-17)6-5-18-11-13-23(14-12-18)16-20-7-9-21(10-8-20)22(24)25/h2-15H,16H2,1H3/p+1/b6-5-. The molecule has 1 N–H and O–H groups in total. The van der Waals surface area contributed by atoms with E-state index in [0.29, 0.717) is 12.1 Å². The molecule has 0 fully saturated rings. The summed E-state index contributed by atoms with van der Waals surface area (Å²) in [7, 11) is 0. The van der Waals surface area contributed by atoms with E-state index >= 15 is 0 Å². The minimum Gasteiger partial charge on any atom is -0.478 e. The summed E-state index contributed by atoms with van der Waals surface area (Å²) in [5, 5.41) is 8.93. The van der Waals surface area contributed by atoms with Crippen LogP contribution in [0.15, 0.2) is 73.1 Å². The van der Waals surface area contributed by atoms with Gasteiger partial charge in [-0.3, -0.25) is 0 Å². The van der Waals surface area contributed by atoms with Crippen molar-refractivity contribution < 1.29 is 14.5 Å². The first-order valence-corrected chi connectivity index (χ1v) is 8.16. The van der Waals surface area contributed by atoms with Gasteiger partial charge < -0.3 is 5.11 Å². The highest BCUT2D eigenvalue weighted by Gasteiger charge is 2.05. The second-order valence-electron chi connectivity index (χ2n) is 6.05. The van der Waals surface area contributed by atoms with Gasteiger partial charge in [0.15, 0.2) is 18.9 Å². The quantitative estimate of drug-likeness (QED) is 0.712. The molecule has 1 aromatic heterocycles. The molecule has 0 aliphatic heterocycles. The van der Waals surface area contributed by atoms with Crippen molar-refractivity contribution in [3.8, 4) is 0 Å². The lowest BCUT2D eigenvalue weighted by Crippen LogP contribution is -2.33. The Morgan fingerprint density at radius 2 is 1.64 bits per heavy atom. The third-order valence-electron chi connectivity index (χ3n) is 3.99. The molecule has 0 radical (unpaired) electrons. The molecule has 0 bridgehead atoms. The summed E-state index contributed by atoms with van der Waals surface area (Å²) in [5.41, 5.74) is 4.96. The molecule has 3 rings (SSSR count). The lowest BCUT2D eigenvalue weighted by Gasteiger charge is -2.00. The van der Waals surface area contributed by atoms with Crippen molar-refractivity contribution in [3.63, 3.8) is 0 Å². The van der Waals surface area contributed by atoms with Gasteiger partial charge in [0, 0.05) is 17.7 Å². The summed E-state index contributed by atoms with van der Waals surface area (Å²) < 4.78 is 2.07. The van der Waals surface area contributed by atoms with Crippen molar-refractivity contribution in [2.45, 2.75) is 13.5 Å². The predicted molar refractivity (Wildman–Crippen MR) is 99.2 cm³/mol. The van der Waals surface area contributed by atoms with Crippen LogP contribution < -0.4 is 4.57 Å². The maximum absolute atomic E-state index is 10.9. The molecule has 1 heterocycles. The highest BCUT2D eigenvalue weighted by molar-refractivity contribution is 5.87. The molecule has 0 spiro atoms. The number of pyridine rings is 1. The van der Waals surface area contributed by atoms with Crippen molar-refractivity contribution >= 4 is 18.1 Å². The maximum Gasteiger partial charge on any atom is 0.335 e. The van der Waals surface area contributed by atoms with E-state index in [0.717, 1.165) is 11.1 Å². The van der Waals surface area contributed by atoms with Gasteiger partial charge in [0.25, 0.3) is 0 Å². The highest BCUT2D eigenvalue weighted by Crippen LogP contribution is 2.09. The van der Waals surface area contributed by atoms with Gasteiger partial charge >= 0.3 is 5.97 Å². The largest absolute Gasteiger partial charge is 0.478 e. The van der Waals surface area contributed by atoms with Crippen LogP contribution in [-0.2, 0) is 6.54 Å². The minimum atomic E-state index is -0.899. The molecule has 0 unspecified atom stereocenters. The molecule has 124 valence electrons. The number of benzene rings is 2. The number of carboxylic acid groups (broad SMARTS) is 1. The van der Waals surface area contributed by atoms with E-state index < -0.39 is 5.97 Å². The number of hydrogen-bond acceptors (Lipinski definition) is 1. The lowest BCUT2D eigenvalue weighted by molar-refractivity contribution is -0.688. The van der Waals surface area contributed by atoms with Gasteiger partial charge in [0.2, 0.25) is 0 Å². The number of aryl methyl sites for hydroxylation is 1. The molecule has 0 atom stereocenters. The number of carboxylic acids is 1. The number of carbonyl (C=O) groups is 1.